The van der Waals surface area contributed by atoms with Gasteiger partial charge in [-0.1, -0.05) is 0 Å². The van der Waals surface area contributed by atoms with E-state index in [2.05, 4.69) is 0 Å². The summed E-state index contributed by atoms with van der Waals surface area (Å²) in [4.78, 5) is 21.2. The van der Waals surface area contributed by atoms with Crippen LogP contribution in [0, 0.1) is 5.92 Å². The summed E-state index contributed by atoms with van der Waals surface area (Å²) >= 11 is 0. The van der Waals surface area contributed by atoms with E-state index < -0.39 is 17.7 Å². The zero-order chi connectivity index (χ0) is 9.56. The van der Waals surface area contributed by atoms with E-state index in [0.29, 0.717) is 19.3 Å². The number of hydrogen-bond donors (Lipinski definition) is 3. The Kier molecular flexibility index (Phi) is 5.03. The van der Waals surface area contributed by atoms with Crippen LogP contribution in [0.3, 0.4) is 0 Å². The number of hydrogen-bond acceptors (Lipinski definition) is 3. The number of carbonyl (C=O) groups excluding carboxylic acids is 2. The molecule has 0 saturated carbocycles. The lowest BCUT2D eigenvalue weighted by molar-refractivity contribution is -0.131. The van der Waals surface area contributed by atoms with E-state index in [9.17, 15) is 9.59 Å². The summed E-state index contributed by atoms with van der Waals surface area (Å²) in [7, 11) is 0. The van der Waals surface area contributed by atoms with Crippen molar-refractivity contribution in [1.29, 1.82) is 0 Å². The monoisotopic (exact) mass is 174 g/mol. The predicted octanol–water partition coefficient (Wildman–Crippen LogP) is -1.26. The molecule has 5 nitrogen and oxygen atoms in total. The summed E-state index contributed by atoms with van der Waals surface area (Å²) in [5.74, 6) is -2.28. The maximum absolute atomic E-state index is 10.6. The molecule has 0 fully saturated rings. The molecule has 0 saturated heterocycles. The van der Waals surface area contributed by atoms with E-state index in [-0.39, 0.29) is 6.61 Å². The van der Waals surface area contributed by atoms with Gasteiger partial charge in [0.25, 0.3) is 0 Å². The van der Waals surface area contributed by atoms with Crippen molar-refractivity contribution < 1.29 is 14.7 Å². The Morgan fingerprint density at radius 3 is 2.00 bits per heavy atom. The number of primary amides is 2. The van der Waals surface area contributed by atoms with Crippen LogP contribution in [0.1, 0.15) is 19.3 Å². The Hall–Kier alpha value is -1.10. The smallest absolute Gasteiger partial charge is 0.229 e. The minimum Gasteiger partial charge on any atom is -0.396 e. The number of carbonyl (C=O) groups is 2. The van der Waals surface area contributed by atoms with Crippen molar-refractivity contribution in [1.82, 2.24) is 0 Å². The SMILES string of the molecule is NC(=O)C(CCCCO)C(N)=O. The minimum absolute atomic E-state index is 0.0459. The molecule has 12 heavy (non-hydrogen) atoms. The fraction of sp³-hybridized carbons (Fsp3) is 0.714. The first-order valence-corrected chi connectivity index (χ1v) is 3.79. The summed E-state index contributed by atoms with van der Waals surface area (Å²) < 4.78 is 0. The molecule has 2 amide bonds. The topological polar surface area (TPSA) is 106 Å². The Balaban J connectivity index is 3.80. The van der Waals surface area contributed by atoms with E-state index in [4.69, 9.17) is 16.6 Å². The lowest BCUT2D eigenvalue weighted by atomic mass is 10.0. The number of nitrogens with two attached hydrogens (primary N) is 2. The normalized spacial score (nSPS) is 10.2. The van der Waals surface area contributed by atoms with Gasteiger partial charge in [-0.05, 0) is 19.3 Å². The van der Waals surface area contributed by atoms with Crippen molar-refractivity contribution in [2.24, 2.45) is 17.4 Å². The van der Waals surface area contributed by atoms with Crippen LogP contribution >= 0.6 is 0 Å². The van der Waals surface area contributed by atoms with Gasteiger partial charge >= 0.3 is 0 Å². The van der Waals surface area contributed by atoms with Gasteiger partial charge in [0.2, 0.25) is 11.8 Å². The third-order valence-electron chi connectivity index (χ3n) is 1.59. The molecule has 0 spiro atoms. The number of amides is 2. The fourth-order valence-electron chi connectivity index (χ4n) is 0.885. The first-order chi connectivity index (χ1) is 5.59. The van der Waals surface area contributed by atoms with E-state index in [0.717, 1.165) is 0 Å². The molecule has 0 aliphatic carbocycles. The zero-order valence-corrected chi connectivity index (χ0v) is 6.82. The summed E-state index contributed by atoms with van der Waals surface area (Å²) in [5, 5.41) is 8.42. The second-order valence-corrected chi connectivity index (χ2v) is 2.58. The highest BCUT2D eigenvalue weighted by atomic mass is 16.3. The molecule has 0 aliphatic rings. The maximum atomic E-state index is 10.6. The highest BCUT2D eigenvalue weighted by molar-refractivity contribution is 5.98. The third kappa shape index (κ3) is 3.92. The van der Waals surface area contributed by atoms with E-state index in [1.807, 2.05) is 0 Å². The molecule has 0 aromatic heterocycles. The van der Waals surface area contributed by atoms with Gasteiger partial charge in [-0.15, -0.1) is 0 Å². The predicted molar refractivity (Wildman–Crippen MR) is 42.8 cm³/mol. The molecule has 0 bridgehead atoms. The fourth-order valence-corrected chi connectivity index (χ4v) is 0.885. The Morgan fingerprint density at radius 2 is 1.67 bits per heavy atom. The van der Waals surface area contributed by atoms with Gasteiger partial charge in [-0.2, -0.15) is 0 Å². The Morgan fingerprint density at radius 1 is 1.17 bits per heavy atom. The standard InChI is InChI=1S/C7H14N2O3/c8-6(11)5(7(9)12)3-1-2-4-10/h5,10H,1-4H2,(H2,8,11)(H2,9,12). The molecule has 0 aromatic carbocycles. The maximum Gasteiger partial charge on any atom is 0.229 e. The quantitative estimate of drug-likeness (QED) is 0.345. The Labute approximate surface area is 70.7 Å². The molecule has 0 heterocycles. The molecule has 70 valence electrons. The zero-order valence-electron chi connectivity index (χ0n) is 6.82. The van der Waals surface area contributed by atoms with Crippen LogP contribution in [0.2, 0.25) is 0 Å². The molecule has 5 heteroatoms. The van der Waals surface area contributed by atoms with E-state index in [1.54, 1.807) is 0 Å². The number of rotatable bonds is 6. The van der Waals surface area contributed by atoms with E-state index >= 15 is 0 Å². The lowest BCUT2D eigenvalue weighted by Crippen LogP contribution is -2.34. The first kappa shape index (κ1) is 10.9. The summed E-state index contributed by atoms with van der Waals surface area (Å²) in [6.45, 7) is 0.0459. The van der Waals surface area contributed by atoms with Gasteiger partial charge in [-0.25, -0.2) is 0 Å². The van der Waals surface area contributed by atoms with Gasteiger partial charge in [0, 0.05) is 6.61 Å². The van der Waals surface area contributed by atoms with Crippen molar-refractivity contribution in [2.75, 3.05) is 6.61 Å². The van der Waals surface area contributed by atoms with Crippen LogP contribution in [-0.4, -0.2) is 23.5 Å². The van der Waals surface area contributed by atoms with Crippen molar-refractivity contribution in [3.63, 3.8) is 0 Å². The highest BCUT2D eigenvalue weighted by Crippen LogP contribution is 2.06. The van der Waals surface area contributed by atoms with Crippen molar-refractivity contribution in [3.05, 3.63) is 0 Å². The summed E-state index contributed by atoms with van der Waals surface area (Å²) in [6.07, 6.45) is 1.45. The third-order valence-corrected chi connectivity index (χ3v) is 1.59. The number of aliphatic hydroxyl groups excluding tert-OH is 1. The number of aliphatic hydroxyl groups is 1. The van der Waals surface area contributed by atoms with Crippen molar-refractivity contribution >= 4 is 11.8 Å². The van der Waals surface area contributed by atoms with Gasteiger partial charge in [0.15, 0.2) is 0 Å². The summed E-state index contributed by atoms with van der Waals surface area (Å²) in [5.41, 5.74) is 9.84. The molecular weight excluding hydrogens is 160 g/mol. The largest absolute Gasteiger partial charge is 0.396 e. The van der Waals surface area contributed by atoms with Gasteiger partial charge < -0.3 is 16.6 Å². The second kappa shape index (κ2) is 5.54. The molecule has 0 atom stereocenters. The van der Waals surface area contributed by atoms with Gasteiger partial charge in [0.1, 0.15) is 5.92 Å². The lowest BCUT2D eigenvalue weighted by Gasteiger charge is -2.07. The van der Waals surface area contributed by atoms with Crippen LogP contribution in [0.4, 0.5) is 0 Å². The summed E-state index contributed by atoms with van der Waals surface area (Å²) in [6, 6.07) is 0. The number of unbranched alkanes of at least 4 members (excludes halogenated alkanes) is 1. The average molecular weight is 174 g/mol. The first-order valence-electron chi connectivity index (χ1n) is 3.79. The Bertz CT molecular complexity index is 156. The molecule has 0 radical (unpaired) electrons. The molecule has 0 aliphatic heterocycles. The second-order valence-electron chi connectivity index (χ2n) is 2.58. The van der Waals surface area contributed by atoms with E-state index in [1.165, 1.54) is 0 Å². The van der Waals surface area contributed by atoms with Gasteiger partial charge in [-0.3, -0.25) is 9.59 Å². The molecule has 0 aromatic rings. The van der Waals surface area contributed by atoms with Crippen LogP contribution < -0.4 is 11.5 Å². The van der Waals surface area contributed by atoms with Crippen LogP contribution in [0.5, 0.6) is 0 Å². The van der Waals surface area contributed by atoms with Crippen LogP contribution in [-0.2, 0) is 9.59 Å². The average Bonchev–Trinajstić information content (AvgIpc) is 1.96. The highest BCUT2D eigenvalue weighted by Gasteiger charge is 2.20. The van der Waals surface area contributed by atoms with Crippen LogP contribution in [0.25, 0.3) is 0 Å². The minimum atomic E-state index is -0.892. The van der Waals surface area contributed by atoms with Crippen molar-refractivity contribution in [3.8, 4) is 0 Å². The van der Waals surface area contributed by atoms with Crippen LogP contribution in [0.15, 0.2) is 0 Å². The van der Waals surface area contributed by atoms with Crippen molar-refractivity contribution in [2.45, 2.75) is 19.3 Å². The molecular formula is C7H14N2O3. The molecule has 0 unspecified atom stereocenters. The molecule has 0 rings (SSSR count). The molecule has 5 N–H and O–H groups in total. The van der Waals surface area contributed by atoms with Gasteiger partial charge in [0.05, 0.1) is 0 Å².